The van der Waals surface area contributed by atoms with Gasteiger partial charge in [-0.2, -0.15) is 0 Å². The molecule has 0 aliphatic heterocycles. The van der Waals surface area contributed by atoms with Crippen molar-refractivity contribution < 1.29 is 9.90 Å². The molecule has 0 radical (unpaired) electrons. The van der Waals surface area contributed by atoms with Crippen molar-refractivity contribution in [2.75, 3.05) is 19.3 Å². The molecule has 0 spiro atoms. The molecule has 1 aliphatic carbocycles. The number of aliphatic hydroxyl groups is 1. The van der Waals surface area contributed by atoms with Gasteiger partial charge >= 0.3 is 0 Å². The Morgan fingerprint density at radius 2 is 2.05 bits per heavy atom. The topological polar surface area (TPSA) is 66.6 Å². The Labute approximate surface area is 114 Å². The van der Waals surface area contributed by atoms with Gasteiger partial charge in [0.15, 0.2) is 0 Å². The van der Waals surface area contributed by atoms with Crippen molar-refractivity contribution in [1.29, 1.82) is 0 Å². The fourth-order valence-electron chi connectivity index (χ4n) is 2.88. The third-order valence-corrected chi connectivity index (χ3v) is 3.93. The molecule has 1 fully saturated rings. The highest BCUT2D eigenvalue weighted by Crippen LogP contribution is 2.30. The average Bonchev–Trinajstić information content (AvgIpc) is 2.75. The average molecular weight is 262 g/mol. The van der Waals surface area contributed by atoms with Gasteiger partial charge in [-0.1, -0.05) is 25.0 Å². The summed E-state index contributed by atoms with van der Waals surface area (Å²) >= 11 is 0. The van der Waals surface area contributed by atoms with Crippen LogP contribution in [0.5, 0.6) is 0 Å². The molecule has 1 aliphatic rings. The number of aryl methyl sites for hydroxylation is 1. The van der Waals surface area contributed by atoms with Crippen molar-refractivity contribution in [3.63, 3.8) is 0 Å². The largest absolute Gasteiger partial charge is 0.398 e. The van der Waals surface area contributed by atoms with E-state index in [0.29, 0.717) is 17.8 Å². The van der Waals surface area contributed by atoms with Crippen LogP contribution < -0.4 is 5.73 Å². The molecule has 1 amide bonds. The van der Waals surface area contributed by atoms with Gasteiger partial charge in [-0.05, 0) is 31.4 Å². The van der Waals surface area contributed by atoms with E-state index in [9.17, 15) is 9.90 Å². The predicted molar refractivity (Wildman–Crippen MR) is 76.0 cm³/mol. The summed E-state index contributed by atoms with van der Waals surface area (Å²) in [5.41, 5.74) is 7.08. The summed E-state index contributed by atoms with van der Waals surface area (Å²) in [5, 5.41) is 10.4. The number of amides is 1. The number of nitrogens with zero attached hydrogens (tertiary/aromatic N) is 1. The highest BCUT2D eigenvalue weighted by atomic mass is 16.3. The molecule has 0 heterocycles. The Balaban J connectivity index is 2.15. The van der Waals surface area contributed by atoms with Crippen molar-refractivity contribution in [1.82, 2.24) is 4.90 Å². The molecule has 104 valence electrons. The van der Waals surface area contributed by atoms with E-state index in [2.05, 4.69) is 0 Å². The van der Waals surface area contributed by atoms with Gasteiger partial charge in [0.05, 0.1) is 11.2 Å². The molecular weight excluding hydrogens is 240 g/mol. The van der Waals surface area contributed by atoms with Crippen molar-refractivity contribution in [2.24, 2.45) is 0 Å². The van der Waals surface area contributed by atoms with Crippen LogP contribution in [0.15, 0.2) is 18.2 Å². The van der Waals surface area contributed by atoms with Crippen molar-refractivity contribution in [2.45, 2.75) is 38.2 Å². The first-order valence-corrected chi connectivity index (χ1v) is 6.76. The van der Waals surface area contributed by atoms with Gasteiger partial charge in [0, 0.05) is 19.3 Å². The zero-order valence-corrected chi connectivity index (χ0v) is 11.6. The van der Waals surface area contributed by atoms with Crippen LogP contribution in [0.2, 0.25) is 0 Å². The smallest absolute Gasteiger partial charge is 0.256 e. The second kappa shape index (κ2) is 5.21. The number of carbonyl (C=O) groups excluding carboxylic acids is 1. The number of rotatable bonds is 3. The highest BCUT2D eigenvalue weighted by molar-refractivity contribution is 6.00. The summed E-state index contributed by atoms with van der Waals surface area (Å²) in [4.78, 5) is 14.0. The summed E-state index contributed by atoms with van der Waals surface area (Å²) in [6, 6.07) is 5.45. The van der Waals surface area contributed by atoms with Gasteiger partial charge in [0.25, 0.3) is 5.91 Å². The van der Waals surface area contributed by atoms with Crippen LogP contribution in [0, 0.1) is 6.92 Å². The first-order valence-electron chi connectivity index (χ1n) is 6.76. The minimum absolute atomic E-state index is 0.115. The molecule has 0 aromatic heterocycles. The van der Waals surface area contributed by atoms with E-state index in [1.54, 1.807) is 18.0 Å². The van der Waals surface area contributed by atoms with E-state index in [0.717, 1.165) is 31.2 Å². The summed E-state index contributed by atoms with van der Waals surface area (Å²) in [6.45, 7) is 2.25. The number of hydrogen-bond acceptors (Lipinski definition) is 3. The lowest BCUT2D eigenvalue weighted by Crippen LogP contribution is -2.42. The summed E-state index contributed by atoms with van der Waals surface area (Å²) in [7, 11) is 1.73. The van der Waals surface area contributed by atoms with Crippen LogP contribution in [0.3, 0.4) is 0 Å². The van der Waals surface area contributed by atoms with Crippen molar-refractivity contribution >= 4 is 11.6 Å². The van der Waals surface area contributed by atoms with Crippen LogP contribution in [-0.4, -0.2) is 35.1 Å². The van der Waals surface area contributed by atoms with E-state index in [1.807, 2.05) is 19.1 Å². The Morgan fingerprint density at radius 3 is 2.63 bits per heavy atom. The zero-order chi connectivity index (χ0) is 14.0. The van der Waals surface area contributed by atoms with E-state index < -0.39 is 5.60 Å². The van der Waals surface area contributed by atoms with Gasteiger partial charge < -0.3 is 15.7 Å². The van der Waals surface area contributed by atoms with Crippen LogP contribution >= 0.6 is 0 Å². The summed E-state index contributed by atoms with van der Waals surface area (Å²) < 4.78 is 0. The maximum absolute atomic E-state index is 12.5. The lowest BCUT2D eigenvalue weighted by molar-refractivity contribution is 0.0157. The molecule has 1 saturated carbocycles. The van der Waals surface area contributed by atoms with Gasteiger partial charge in [0.2, 0.25) is 0 Å². The summed E-state index contributed by atoms with van der Waals surface area (Å²) in [5.74, 6) is -0.115. The van der Waals surface area contributed by atoms with Crippen LogP contribution in [0.25, 0.3) is 0 Å². The molecule has 0 bridgehead atoms. The minimum Gasteiger partial charge on any atom is -0.398 e. The van der Waals surface area contributed by atoms with Gasteiger partial charge in [0.1, 0.15) is 0 Å². The van der Waals surface area contributed by atoms with Crippen molar-refractivity contribution in [3.05, 3.63) is 29.3 Å². The Kier molecular flexibility index (Phi) is 3.80. The second-order valence-corrected chi connectivity index (χ2v) is 5.63. The van der Waals surface area contributed by atoms with Crippen molar-refractivity contribution in [3.8, 4) is 0 Å². The number of hydrogen-bond donors (Lipinski definition) is 2. The quantitative estimate of drug-likeness (QED) is 0.818. The number of likely N-dealkylation sites (N-methyl/N-ethyl adjacent to an activating group) is 1. The number of nitrogens with two attached hydrogens (primary N) is 1. The van der Waals surface area contributed by atoms with Crippen LogP contribution in [-0.2, 0) is 0 Å². The maximum atomic E-state index is 12.5. The number of anilines is 1. The lowest BCUT2D eigenvalue weighted by Gasteiger charge is -2.29. The fourth-order valence-corrected chi connectivity index (χ4v) is 2.88. The molecule has 4 heteroatoms. The molecule has 2 rings (SSSR count). The third-order valence-electron chi connectivity index (χ3n) is 3.93. The summed E-state index contributed by atoms with van der Waals surface area (Å²) in [6.07, 6.45) is 3.61. The predicted octanol–water partition coefficient (Wildman–Crippen LogP) is 1.95. The monoisotopic (exact) mass is 262 g/mol. The minimum atomic E-state index is -0.720. The van der Waals surface area contributed by atoms with E-state index >= 15 is 0 Å². The van der Waals surface area contributed by atoms with Gasteiger partial charge in [-0.3, -0.25) is 4.79 Å². The highest BCUT2D eigenvalue weighted by Gasteiger charge is 2.34. The SMILES string of the molecule is Cc1cccc(N)c1C(=O)N(C)CC1(O)CCCC1. The fraction of sp³-hybridized carbons (Fsp3) is 0.533. The van der Waals surface area contributed by atoms with Gasteiger partial charge in [-0.25, -0.2) is 0 Å². The molecule has 1 aromatic rings. The Morgan fingerprint density at radius 1 is 1.42 bits per heavy atom. The lowest BCUT2D eigenvalue weighted by atomic mass is 10.0. The Bertz CT molecular complexity index is 459. The maximum Gasteiger partial charge on any atom is 0.256 e. The number of carbonyl (C=O) groups is 1. The van der Waals surface area contributed by atoms with E-state index in [4.69, 9.17) is 5.73 Å². The first-order chi connectivity index (χ1) is 8.93. The zero-order valence-electron chi connectivity index (χ0n) is 11.6. The molecular formula is C15H22N2O2. The number of benzene rings is 1. The number of nitrogen functional groups attached to an aromatic ring is 1. The van der Waals surface area contributed by atoms with Crippen LogP contribution in [0.4, 0.5) is 5.69 Å². The second-order valence-electron chi connectivity index (χ2n) is 5.63. The first kappa shape index (κ1) is 13.9. The van der Waals surface area contributed by atoms with E-state index in [1.165, 1.54) is 0 Å². The third kappa shape index (κ3) is 2.89. The normalized spacial score (nSPS) is 17.4. The molecule has 0 atom stereocenters. The van der Waals surface area contributed by atoms with E-state index in [-0.39, 0.29) is 5.91 Å². The molecule has 4 nitrogen and oxygen atoms in total. The van der Waals surface area contributed by atoms with Crippen LogP contribution in [0.1, 0.15) is 41.6 Å². The molecule has 1 aromatic carbocycles. The standard InChI is InChI=1S/C15H22N2O2/c1-11-6-5-7-12(16)13(11)14(18)17(2)10-15(19)8-3-4-9-15/h5-7,19H,3-4,8-10,16H2,1-2H3. The van der Waals surface area contributed by atoms with Gasteiger partial charge in [-0.15, -0.1) is 0 Å². The Hall–Kier alpha value is -1.55. The molecule has 0 unspecified atom stereocenters. The molecule has 0 saturated heterocycles. The molecule has 19 heavy (non-hydrogen) atoms. The molecule has 3 N–H and O–H groups in total.